The minimum Gasteiger partial charge on any atom is -0.451 e. The summed E-state index contributed by atoms with van der Waals surface area (Å²) in [5, 5.41) is 5.40. The molecule has 236 valence electrons. The number of halogens is 2. The van der Waals surface area contributed by atoms with Crippen LogP contribution < -0.4 is 20.8 Å². The van der Waals surface area contributed by atoms with Crippen molar-refractivity contribution in [2.45, 2.75) is 50.6 Å². The van der Waals surface area contributed by atoms with Crippen LogP contribution in [0.25, 0.3) is 0 Å². The van der Waals surface area contributed by atoms with Crippen molar-refractivity contribution in [2.75, 3.05) is 26.9 Å². The SMILES string of the molecule is CN[C@@H](Cc1ccccc1)C(=O)OCOc1c2n(cc(C(=O)NCc3ccc(F)cc3F)c1=O)C[C@@H]1N(CC3CCCN31)C2=O. The average Bonchev–Trinajstić information content (AvgIpc) is 3.63. The van der Waals surface area contributed by atoms with Gasteiger partial charge in [-0.25, -0.2) is 8.78 Å². The van der Waals surface area contributed by atoms with Gasteiger partial charge in [0.05, 0.1) is 6.54 Å². The molecular weight excluding hydrogens is 588 g/mol. The summed E-state index contributed by atoms with van der Waals surface area (Å²) in [6.45, 7) is 0.657. The Morgan fingerprint density at radius 2 is 1.89 bits per heavy atom. The maximum Gasteiger partial charge on any atom is 0.326 e. The summed E-state index contributed by atoms with van der Waals surface area (Å²) in [5.41, 5.74) is -0.318. The van der Waals surface area contributed by atoms with Gasteiger partial charge in [-0.15, -0.1) is 0 Å². The van der Waals surface area contributed by atoms with Crippen LogP contribution in [0.4, 0.5) is 8.78 Å². The Bertz CT molecular complexity index is 1680. The van der Waals surface area contributed by atoms with E-state index in [2.05, 4.69) is 15.5 Å². The summed E-state index contributed by atoms with van der Waals surface area (Å²) in [4.78, 5) is 57.6. The van der Waals surface area contributed by atoms with Crippen LogP contribution in [0.3, 0.4) is 0 Å². The van der Waals surface area contributed by atoms with Crippen molar-refractivity contribution in [1.82, 2.24) is 25.0 Å². The number of carbonyl (C=O) groups is 3. The quantitative estimate of drug-likeness (QED) is 0.261. The molecule has 2 aromatic carbocycles. The van der Waals surface area contributed by atoms with Gasteiger partial charge in [-0.1, -0.05) is 36.4 Å². The second-order valence-corrected chi connectivity index (χ2v) is 11.3. The lowest BCUT2D eigenvalue weighted by molar-refractivity contribution is -0.152. The standard InChI is InChI=1S/C32H33F2N5O6/c1-35-25(12-19-6-3-2-4-7-19)32(43)45-18-44-29-27-31(42)39-15-22-8-5-11-38(22)26(39)17-37(27)16-23(28(29)40)30(41)36-14-20-9-10-21(33)13-24(20)34/h2-4,6-7,9-10,13,16,22,25-26,35H,5,8,11-12,14-15,17-18H2,1H3,(H,36,41)/t22?,25-,26-/m0/s1. The van der Waals surface area contributed by atoms with E-state index in [1.54, 1.807) is 11.9 Å². The molecule has 0 saturated carbocycles. The first kappa shape index (κ1) is 30.4. The van der Waals surface area contributed by atoms with Crippen LogP contribution >= 0.6 is 0 Å². The minimum absolute atomic E-state index is 0.0256. The molecule has 2 amide bonds. The molecule has 11 nitrogen and oxygen atoms in total. The third kappa shape index (κ3) is 6.05. The van der Waals surface area contributed by atoms with Gasteiger partial charge < -0.3 is 29.6 Å². The van der Waals surface area contributed by atoms with Gasteiger partial charge in [-0.3, -0.25) is 24.1 Å². The number of fused-ring (bicyclic) bond motifs is 4. The number of amides is 2. The number of aromatic nitrogens is 1. The Morgan fingerprint density at radius 3 is 2.64 bits per heavy atom. The number of nitrogens with zero attached hydrogens (tertiary/aromatic N) is 3. The number of carbonyl (C=O) groups excluding carboxylic acids is 3. The molecule has 3 aliphatic rings. The number of esters is 1. The van der Waals surface area contributed by atoms with E-state index in [0.717, 1.165) is 31.0 Å². The van der Waals surface area contributed by atoms with Crippen molar-refractivity contribution in [1.29, 1.82) is 0 Å². The molecule has 0 spiro atoms. The number of pyridine rings is 1. The Labute approximate surface area is 257 Å². The van der Waals surface area contributed by atoms with E-state index in [-0.39, 0.29) is 35.6 Å². The topological polar surface area (TPSA) is 122 Å². The number of rotatable bonds is 10. The van der Waals surface area contributed by atoms with Gasteiger partial charge in [0.1, 0.15) is 29.4 Å². The first-order valence-electron chi connectivity index (χ1n) is 14.8. The number of benzene rings is 2. The molecule has 2 saturated heterocycles. The van der Waals surface area contributed by atoms with Crippen molar-refractivity contribution in [3.8, 4) is 5.75 Å². The van der Waals surface area contributed by atoms with Crippen molar-refractivity contribution < 1.29 is 32.6 Å². The Morgan fingerprint density at radius 1 is 1.09 bits per heavy atom. The zero-order valence-electron chi connectivity index (χ0n) is 24.6. The fourth-order valence-electron chi connectivity index (χ4n) is 6.34. The van der Waals surface area contributed by atoms with Crippen LogP contribution in [0.5, 0.6) is 5.75 Å². The number of hydrogen-bond acceptors (Lipinski definition) is 8. The maximum absolute atomic E-state index is 14.2. The van der Waals surface area contributed by atoms with Crippen LogP contribution in [0.15, 0.2) is 59.5 Å². The monoisotopic (exact) mass is 621 g/mol. The molecule has 1 unspecified atom stereocenters. The highest BCUT2D eigenvalue weighted by Crippen LogP contribution is 2.35. The molecule has 2 N–H and O–H groups in total. The number of ether oxygens (including phenoxy) is 2. The Balaban J connectivity index is 1.25. The normalized spacial score (nSPS) is 19.4. The highest BCUT2D eigenvalue weighted by molar-refractivity contribution is 5.99. The van der Waals surface area contributed by atoms with E-state index in [1.807, 2.05) is 30.3 Å². The maximum atomic E-state index is 14.2. The minimum atomic E-state index is -0.879. The summed E-state index contributed by atoms with van der Waals surface area (Å²) < 4.78 is 40.1. The van der Waals surface area contributed by atoms with Crippen LogP contribution in [-0.2, 0) is 29.0 Å². The van der Waals surface area contributed by atoms with Gasteiger partial charge >= 0.3 is 5.97 Å². The molecule has 0 aliphatic carbocycles. The van der Waals surface area contributed by atoms with Crippen LogP contribution in [0, 0.1) is 11.6 Å². The van der Waals surface area contributed by atoms with E-state index < -0.39 is 53.4 Å². The molecule has 0 radical (unpaired) electrons. The predicted molar refractivity (Wildman–Crippen MR) is 157 cm³/mol. The zero-order valence-corrected chi connectivity index (χ0v) is 24.6. The number of hydrogen-bond donors (Lipinski definition) is 2. The van der Waals surface area contributed by atoms with Gasteiger partial charge in [0.15, 0.2) is 5.69 Å². The third-order valence-electron chi connectivity index (χ3n) is 8.65. The molecule has 3 aliphatic heterocycles. The van der Waals surface area contributed by atoms with Crippen LogP contribution in [0.2, 0.25) is 0 Å². The molecular formula is C32H33F2N5O6. The number of likely N-dealkylation sites (N-methyl/N-ethyl adjacent to an activating group) is 1. The first-order chi connectivity index (χ1) is 21.7. The lowest BCUT2D eigenvalue weighted by Gasteiger charge is -2.36. The van der Waals surface area contributed by atoms with Crippen molar-refractivity contribution in [3.05, 3.63) is 99.0 Å². The first-order valence-corrected chi connectivity index (χ1v) is 14.8. The lowest BCUT2D eigenvalue weighted by Crippen LogP contribution is -2.51. The zero-order chi connectivity index (χ0) is 31.7. The summed E-state index contributed by atoms with van der Waals surface area (Å²) >= 11 is 0. The number of nitrogens with one attached hydrogen (secondary N) is 2. The Kier molecular flexibility index (Phi) is 8.63. The van der Waals surface area contributed by atoms with E-state index >= 15 is 0 Å². The summed E-state index contributed by atoms with van der Waals surface area (Å²) in [6.07, 6.45) is 3.39. The molecule has 6 rings (SSSR count). The summed E-state index contributed by atoms with van der Waals surface area (Å²) in [6, 6.07) is 11.8. The van der Waals surface area contributed by atoms with Gasteiger partial charge in [0.25, 0.3) is 11.8 Å². The fourth-order valence-corrected chi connectivity index (χ4v) is 6.34. The van der Waals surface area contributed by atoms with Crippen molar-refractivity contribution >= 4 is 17.8 Å². The van der Waals surface area contributed by atoms with E-state index in [4.69, 9.17) is 9.47 Å². The van der Waals surface area contributed by atoms with Crippen molar-refractivity contribution in [2.24, 2.45) is 0 Å². The van der Waals surface area contributed by atoms with Gasteiger partial charge in [-0.2, -0.15) is 0 Å². The highest BCUT2D eigenvalue weighted by Gasteiger charge is 2.48. The molecule has 3 aromatic rings. The smallest absolute Gasteiger partial charge is 0.326 e. The summed E-state index contributed by atoms with van der Waals surface area (Å²) in [7, 11) is 1.62. The average molecular weight is 622 g/mol. The highest BCUT2D eigenvalue weighted by atomic mass is 19.1. The predicted octanol–water partition coefficient (Wildman–Crippen LogP) is 2.03. The van der Waals surface area contributed by atoms with E-state index in [1.165, 1.54) is 16.8 Å². The molecule has 1 aromatic heterocycles. The summed E-state index contributed by atoms with van der Waals surface area (Å²) in [5.74, 6) is -3.90. The molecule has 13 heteroatoms. The third-order valence-corrected chi connectivity index (χ3v) is 8.65. The van der Waals surface area contributed by atoms with E-state index in [9.17, 15) is 28.0 Å². The second-order valence-electron chi connectivity index (χ2n) is 11.3. The van der Waals surface area contributed by atoms with Gasteiger partial charge in [0, 0.05) is 43.5 Å². The molecule has 3 atom stereocenters. The van der Waals surface area contributed by atoms with Gasteiger partial charge in [-0.05, 0) is 37.9 Å². The van der Waals surface area contributed by atoms with E-state index in [0.29, 0.717) is 25.6 Å². The Hall–Kier alpha value is -4.62. The largest absolute Gasteiger partial charge is 0.451 e. The van der Waals surface area contributed by atoms with Crippen LogP contribution in [-0.4, -0.2) is 77.3 Å². The molecule has 45 heavy (non-hydrogen) atoms. The molecule has 0 bridgehead atoms. The van der Waals surface area contributed by atoms with Crippen LogP contribution in [0.1, 0.15) is 44.8 Å². The lowest BCUT2D eigenvalue weighted by atomic mass is 10.1. The molecule has 2 fully saturated rings. The van der Waals surface area contributed by atoms with Gasteiger partial charge in [0.2, 0.25) is 18.0 Å². The van der Waals surface area contributed by atoms with Crippen molar-refractivity contribution in [3.63, 3.8) is 0 Å². The fraction of sp³-hybridized carbons (Fsp3) is 0.375. The molecule has 4 heterocycles. The second kappa shape index (κ2) is 12.8.